The van der Waals surface area contributed by atoms with Crippen molar-refractivity contribution in [1.29, 1.82) is 0 Å². The summed E-state index contributed by atoms with van der Waals surface area (Å²) in [6.07, 6.45) is 13.2. The fourth-order valence-electron chi connectivity index (χ4n) is 2.52. The van der Waals surface area contributed by atoms with E-state index in [1.807, 2.05) is 25.7 Å². The van der Waals surface area contributed by atoms with Gasteiger partial charge in [-0.25, -0.2) is 9.59 Å². The summed E-state index contributed by atoms with van der Waals surface area (Å²) in [5.41, 5.74) is -1.15. The van der Waals surface area contributed by atoms with Crippen LogP contribution in [0.25, 0.3) is 0 Å². The third kappa shape index (κ3) is 16.5. The van der Waals surface area contributed by atoms with E-state index in [0.717, 1.165) is 0 Å². The normalized spacial score (nSPS) is 17.7. The molecule has 37 heavy (non-hydrogen) atoms. The van der Waals surface area contributed by atoms with Crippen LogP contribution in [-0.4, -0.2) is 47.3 Å². The van der Waals surface area contributed by atoms with Gasteiger partial charge in [0.2, 0.25) is 11.8 Å². The summed E-state index contributed by atoms with van der Waals surface area (Å²) in [5, 5.41) is 10.3. The van der Waals surface area contributed by atoms with Gasteiger partial charge >= 0.3 is 29.3 Å². The summed E-state index contributed by atoms with van der Waals surface area (Å²) in [5.74, 6) is -0.570. The zero-order valence-corrected chi connectivity index (χ0v) is 23.7. The molecular formula is C26H38FeN4O6+2. The monoisotopic (exact) mass is 558 g/mol. The van der Waals surface area contributed by atoms with E-state index in [4.69, 9.17) is 9.47 Å². The minimum Gasteiger partial charge on any atom is -0.444 e. The quantitative estimate of drug-likeness (QED) is 0.371. The van der Waals surface area contributed by atoms with Crippen molar-refractivity contribution >= 4 is 24.0 Å². The van der Waals surface area contributed by atoms with Crippen molar-refractivity contribution < 1.29 is 45.7 Å². The SMILES string of the molecule is C[C@@H](NC(=O)OC(C)(C)C)C(=O)N[C]1[CH][CH][CH][CH]1.C[C@@H](NC(=O)OC(C)(C)C)C(=O)N[C]1[CH][CH][CH][CH]1.[Fe+2]. The number of nitrogens with one attached hydrogen (secondary N) is 4. The van der Waals surface area contributed by atoms with Gasteiger partial charge in [-0.05, 0) is 107 Å². The molecule has 2 aliphatic rings. The van der Waals surface area contributed by atoms with Crippen molar-refractivity contribution in [3.8, 4) is 0 Å². The van der Waals surface area contributed by atoms with Crippen LogP contribution < -0.4 is 21.3 Å². The first kappa shape index (κ1) is 35.0. The third-order valence-corrected chi connectivity index (χ3v) is 4.11. The Balaban J connectivity index is 0.000000682. The molecular weight excluding hydrogens is 520 g/mol. The molecule has 204 valence electrons. The minimum absolute atomic E-state index is 0. The van der Waals surface area contributed by atoms with Gasteiger partial charge in [-0.1, -0.05) is 0 Å². The molecule has 2 aliphatic carbocycles. The molecule has 0 aromatic heterocycles. The molecule has 0 aromatic carbocycles. The van der Waals surface area contributed by atoms with E-state index in [1.54, 1.807) is 81.1 Å². The van der Waals surface area contributed by atoms with Gasteiger partial charge in [0.05, 0.1) is 12.1 Å². The Hall–Kier alpha value is -2.00. The van der Waals surface area contributed by atoms with Gasteiger partial charge in [-0.2, -0.15) is 0 Å². The predicted molar refractivity (Wildman–Crippen MR) is 135 cm³/mol. The van der Waals surface area contributed by atoms with Gasteiger partial charge in [-0.3, -0.25) is 9.59 Å². The fraction of sp³-hybridized carbons (Fsp3) is 0.462. The number of hydrogen-bond acceptors (Lipinski definition) is 6. The molecule has 0 aliphatic heterocycles. The Kier molecular flexibility index (Phi) is 15.2. The first-order valence-corrected chi connectivity index (χ1v) is 11.6. The third-order valence-electron chi connectivity index (χ3n) is 4.11. The first-order valence-electron chi connectivity index (χ1n) is 11.6. The maximum atomic E-state index is 11.7. The zero-order valence-electron chi connectivity index (χ0n) is 22.6. The standard InChI is InChI=1S/2C13H19N2O3.Fe/c2*1-9(14-12(17)18-13(2,3)4)11(16)15-10-7-5-6-8-10;/h2*5-9H,1-4H3,(H,14,17)(H,15,16);/q;;+2/t2*9-;/m11./s1. The molecule has 10 nitrogen and oxygen atoms in total. The van der Waals surface area contributed by atoms with E-state index in [2.05, 4.69) is 21.3 Å². The van der Waals surface area contributed by atoms with Crippen molar-refractivity contribution in [2.75, 3.05) is 0 Å². The van der Waals surface area contributed by atoms with Crippen molar-refractivity contribution in [2.24, 2.45) is 0 Å². The number of amides is 4. The summed E-state index contributed by atoms with van der Waals surface area (Å²) in [6, 6.07) is 0.0974. The molecule has 2 fully saturated rings. The van der Waals surface area contributed by atoms with Gasteiger partial charge < -0.3 is 30.7 Å². The van der Waals surface area contributed by atoms with E-state index < -0.39 is 35.5 Å². The fourth-order valence-corrected chi connectivity index (χ4v) is 2.52. The van der Waals surface area contributed by atoms with Crippen LogP contribution in [0.15, 0.2) is 0 Å². The second-order valence-corrected chi connectivity index (χ2v) is 10.1. The number of ether oxygens (including phenoxy) is 2. The van der Waals surface area contributed by atoms with Gasteiger partial charge in [0.15, 0.2) is 0 Å². The zero-order chi connectivity index (χ0) is 27.5. The van der Waals surface area contributed by atoms with Crippen molar-refractivity contribution in [3.05, 3.63) is 63.5 Å². The van der Waals surface area contributed by atoms with Crippen LogP contribution >= 0.6 is 0 Å². The number of rotatable bonds is 6. The van der Waals surface area contributed by atoms with E-state index in [0.29, 0.717) is 12.1 Å². The Bertz CT molecular complexity index is 676. The maximum absolute atomic E-state index is 11.7. The Morgan fingerprint density at radius 3 is 1.14 bits per heavy atom. The predicted octanol–water partition coefficient (Wildman–Crippen LogP) is 2.75. The molecule has 4 amide bonds. The van der Waals surface area contributed by atoms with E-state index in [9.17, 15) is 19.2 Å². The number of carbonyl (C=O) groups excluding carboxylic acids is 4. The topological polar surface area (TPSA) is 135 Å². The Morgan fingerprint density at radius 2 is 0.892 bits per heavy atom. The van der Waals surface area contributed by atoms with Crippen LogP contribution in [0.3, 0.4) is 0 Å². The molecule has 0 bridgehead atoms. The molecule has 0 unspecified atom stereocenters. The van der Waals surface area contributed by atoms with E-state index in [-0.39, 0.29) is 28.9 Å². The molecule has 2 rings (SSSR count). The molecule has 0 saturated heterocycles. The minimum atomic E-state index is -0.658. The molecule has 10 radical (unpaired) electrons. The molecule has 4 N–H and O–H groups in total. The van der Waals surface area contributed by atoms with Crippen molar-refractivity contribution in [1.82, 2.24) is 21.3 Å². The van der Waals surface area contributed by atoms with Crippen molar-refractivity contribution in [3.63, 3.8) is 0 Å². The summed E-state index contributed by atoms with van der Waals surface area (Å²) in [6.45, 7) is 13.8. The smallest absolute Gasteiger partial charge is 0.444 e. The van der Waals surface area contributed by atoms with Crippen LogP contribution in [0, 0.1) is 63.5 Å². The number of hydrogen-bond donors (Lipinski definition) is 4. The average Bonchev–Trinajstić information content (AvgIpc) is 3.39. The Labute approximate surface area is 233 Å². The van der Waals surface area contributed by atoms with Gasteiger partial charge in [0, 0.05) is 0 Å². The number of alkyl carbamates (subject to hydrolysis) is 2. The van der Waals surface area contributed by atoms with Crippen LogP contribution in [0.1, 0.15) is 55.4 Å². The number of carbonyl (C=O) groups is 4. The summed E-state index contributed by atoms with van der Waals surface area (Å²) >= 11 is 0. The van der Waals surface area contributed by atoms with Crippen LogP contribution in [0.2, 0.25) is 0 Å². The maximum Gasteiger partial charge on any atom is 2.00 e. The molecule has 0 aromatic rings. The second-order valence-electron chi connectivity index (χ2n) is 10.1. The molecule has 0 heterocycles. The van der Waals surface area contributed by atoms with E-state index in [1.165, 1.54) is 0 Å². The molecule has 0 spiro atoms. The summed E-state index contributed by atoms with van der Waals surface area (Å²) in [4.78, 5) is 46.4. The van der Waals surface area contributed by atoms with Crippen LogP contribution in [0.4, 0.5) is 9.59 Å². The van der Waals surface area contributed by atoms with Gasteiger partial charge in [-0.15, -0.1) is 0 Å². The van der Waals surface area contributed by atoms with Gasteiger partial charge in [0.25, 0.3) is 0 Å². The molecule has 2 atom stereocenters. The van der Waals surface area contributed by atoms with Gasteiger partial charge in [0.1, 0.15) is 23.3 Å². The average molecular weight is 558 g/mol. The summed E-state index contributed by atoms with van der Waals surface area (Å²) < 4.78 is 10.1. The molecule has 11 heteroatoms. The second kappa shape index (κ2) is 16.1. The largest absolute Gasteiger partial charge is 2.00 e. The Morgan fingerprint density at radius 1 is 0.622 bits per heavy atom. The van der Waals surface area contributed by atoms with Crippen molar-refractivity contribution in [2.45, 2.75) is 78.7 Å². The first-order chi connectivity index (χ1) is 16.6. The molecule has 2 saturated carbocycles. The van der Waals surface area contributed by atoms with Crippen LogP contribution in [-0.2, 0) is 36.1 Å². The van der Waals surface area contributed by atoms with Crippen LogP contribution in [0.5, 0.6) is 0 Å². The summed E-state index contributed by atoms with van der Waals surface area (Å²) in [7, 11) is 0. The van der Waals surface area contributed by atoms with E-state index >= 15 is 0 Å².